The van der Waals surface area contributed by atoms with Crippen LogP contribution in [0.3, 0.4) is 0 Å². The van der Waals surface area contributed by atoms with Crippen molar-refractivity contribution in [3.05, 3.63) is 93.7 Å². The normalized spacial score (nSPS) is 10.4. The van der Waals surface area contributed by atoms with Gasteiger partial charge in [0.05, 0.1) is 24.3 Å². The molecule has 0 unspecified atom stereocenters. The van der Waals surface area contributed by atoms with E-state index in [1.807, 2.05) is 6.07 Å². The molecule has 2 aromatic heterocycles. The van der Waals surface area contributed by atoms with Crippen LogP contribution < -0.4 is 5.32 Å². The van der Waals surface area contributed by atoms with Gasteiger partial charge in [-0.25, -0.2) is 0 Å². The molecule has 0 radical (unpaired) electrons. The summed E-state index contributed by atoms with van der Waals surface area (Å²) in [6.07, 6.45) is 4.84. The van der Waals surface area contributed by atoms with Crippen molar-refractivity contribution in [2.45, 2.75) is 20.0 Å². The lowest BCUT2D eigenvalue weighted by Gasteiger charge is -2.22. The van der Waals surface area contributed by atoms with E-state index in [9.17, 15) is 19.7 Å². The van der Waals surface area contributed by atoms with Crippen LogP contribution in [0.1, 0.15) is 27.2 Å². The minimum Gasteiger partial charge on any atom is -0.467 e. The molecule has 0 saturated heterocycles. The van der Waals surface area contributed by atoms with Gasteiger partial charge in [0.2, 0.25) is 5.91 Å². The van der Waals surface area contributed by atoms with E-state index >= 15 is 0 Å². The smallest absolute Gasteiger partial charge is 0.272 e. The standard InChI is InChI=1S/C21H20N4O5/c1-15-10-17(6-7-19(15)25(28)29)21(27)23-12-20(26)24(14-18-5-3-9-30-18)13-16-4-2-8-22-11-16/h2-11H,12-14H2,1H3,(H,23,27). The van der Waals surface area contributed by atoms with Gasteiger partial charge in [-0.1, -0.05) is 6.07 Å². The van der Waals surface area contributed by atoms with Crippen molar-refractivity contribution in [1.82, 2.24) is 15.2 Å². The molecule has 154 valence electrons. The third kappa shape index (κ3) is 5.28. The Morgan fingerprint density at radius 3 is 2.67 bits per heavy atom. The van der Waals surface area contributed by atoms with Crippen molar-refractivity contribution in [2.75, 3.05) is 6.54 Å². The van der Waals surface area contributed by atoms with Crippen molar-refractivity contribution in [2.24, 2.45) is 0 Å². The van der Waals surface area contributed by atoms with Gasteiger partial charge in [-0.15, -0.1) is 0 Å². The molecule has 0 aliphatic carbocycles. The highest BCUT2D eigenvalue weighted by Gasteiger charge is 2.18. The monoisotopic (exact) mass is 408 g/mol. The lowest BCUT2D eigenvalue weighted by molar-refractivity contribution is -0.385. The fourth-order valence-corrected chi connectivity index (χ4v) is 2.91. The fourth-order valence-electron chi connectivity index (χ4n) is 2.91. The first kappa shape index (κ1) is 20.7. The summed E-state index contributed by atoms with van der Waals surface area (Å²) in [5.41, 5.74) is 1.39. The van der Waals surface area contributed by atoms with Crippen molar-refractivity contribution >= 4 is 17.5 Å². The van der Waals surface area contributed by atoms with Crippen LogP contribution in [0.15, 0.2) is 65.5 Å². The van der Waals surface area contributed by atoms with Crippen LogP contribution in [0.5, 0.6) is 0 Å². The molecule has 0 atom stereocenters. The van der Waals surface area contributed by atoms with Crippen LogP contribution in [0.4, 0.5) is 5.69 Å². The number of benzene rings is 1. The number of aromatic nitrogens is 1. The highest BCUT2D eigenvalue weighted by Crippen LogP contribution is 2.18. The SMILES string of the molecule is Cc1cc(C(=O)NCC(=O)N(Cc2cccnc2)Cc2ccco2)ccc1[N+](=O)[O-]. The van der Waals surface area contributed by atoms with E-state index in [1.54, 1.807) is 42.4 Å². The van der Waals surface area contributed by atoms with Crippen LogP contribution in [-0.4, -0.2) is 33.2 Å². The van der Waals surface area contributed by atoms with Gasteiger partial charge in [-0.05, 0) is 42.8 Å². The second kappa shape index (κ2) is 9.46. The Morgan fingerprint density at radius 2 is 2.03 bits per heavy atom. The van der Waals surface area contributed by atoms with Gasteiger partial charge in [0.25, 0.3) is 11.6 Å². The molecule has 3 rings (SSSR count). The summed E-state index contributed by atoms with van der Waals surface area (Å²) in [5.74, 6) is -0.174. The number of furan rings is 1. The number of carbonyl (C=O) groups is 2. The summed E-state index contributed by atoms with van der Waals surface area (Å²) >= 11 is 0. The second-order valence-electron chi connectivity index (χ2n) is 6.63. The molecule has 30 heavy (non-hydrogen) atoms. The molecule has 2 heterocycles. The average molecular weight is 408 g/mol. The number of nitro benzene ring substituents is 1. The molecule has 3 aromatic rings. The molecule has 1 N–H and O–H groups in total. The largest absolute Gasteiger partial charge is 0.467 e. The molecule has 9 heteroatoms. The third-order valence-electron chi connectivity index (χ3n) is 4.43. The summed E-state index contributed by atoms with van der Waals surface area (Å²) in [6, 6.07) is 11.2. The van der Waals surface area contributed by atoms with Crippen LogP contribution in [0.25, 0.3) is 0 Å². The predicted octanol–water partition coefficient (Wildman–Crippen LogP) is 2.85. The highest BCUT2D eigenvalue weighted by atomic mass is 16.6. The Morgan fingerprint density at radius 1 is 1.20 bits per heavy atom. The van der Waals surface area contributed by atoms with E-state index in [0.717, 1.165) is 5.56 Å². The Bertz CT molecular complexity index is 1030. The third-order valence-corrected chi connectivity index (χ3v) is 4.43. The average Bonchev–Trinajstić information content (AvgIpc) is 3.25. The number of amides is 2. The van der Waals surface area contributed by atoms with Gasteiger partial charge in [0.15, 0.2) is 0 Å². The van der Waals surface area contributed by atoms with Crippen LogP contribution in [0, 0.1) is 17.0 Å². The lowest BCUT2D eigenvalue weighted by Crippen LogP contribution is -2.39. The van der Waals surface area contributed by atoms with Crippen LogP contribution in [-0.2, 0) is 17.9 Å². The van der Waals surface area contributed by atoms with Gasteiger partial charge in [-0.2, -0.15) is 0 Å². The quantitative estimate of drug-likeness (QED) is 0.452. The number of pyridine rings is 1. The first-order valence-corrected chi connectivity index (χ1v) is 9.16. The van der Waals surface area contributed by atoms with E-state index in [0.29, 0.717) is 17.9 Å². The fraction of sp³-hybridized carbons (Fsp3) is 0.190. The van der Waals surface area contributed by atoms with E-state index in [2.05, 4.69) is 10.3 Å². The van der Waals surface area contributed by atoms with Crippen molar-refractivity contribution in [1.29, 1.82) is 0 Å². The molecule has 0 bridgehead atoms. The molecule has 2 amide bonds. The zero-order chi connectivity index (χ0) is 21.5. The topological polar surface area (TPSA) is 119 Å². The molecule has 0 fully saturated rings. The maximum absolute atomic E-state index is 12.8. The number of nitro groups is 1. The summed E-state index contributed by atoms with van der Waals surface area (Å²) in [5, 5.41) is 13.5. The lowest BCUT2D eigenvalue weighted by atomic mass is 10.1. The minimum absolute atomic E-state index is 0.0660. The Balaban J connectivity index is 1.66. The van der Waals surface area contributed by atoms with Gasteiger partial charge in [0.1, 0.15) is 5.76 Å². The van der Waals surface area contributed by atoms with E-state index in [4.69, 9.17) is 4.42 Å². The maximum Gasteiger partial charge on any atom is 0.272 e. The number of carbonyl (C=O) groups excluding carboxylic acids is 2. The first-order chi connectivity index (χ1) is 14.4. The molecule has 0 saturated carbocycles. The van der Waals surface area contributed by atoms with Crippen molar-refractivity contribution in [3.8, 4) is 0 Å². The van der Waals surface area contributed by atoms with E-state index in [1.165, 1.54) is 24.5 Å². The molecular formula is C21H20N4O5. The summed E-state index contributed by atoms with van der Waals surface area (Å²) in [6.45, 7) is 1.88. The number of nitrogens with one attached hydrogen (secondary N) is 1. The van der Waals surface area contributed by atoms with Crippen molar-refractivity contribution < 1.29 is 18.9 Å². The van der Waals surface area contributed by atoms with Gasteiger partial charge < -0.3 is 14.6 Å². The van der Waals surface area contributed by atoms with E-state index < -0.39 is 10.8 Å². The Kier molecular flexibility index (Phi) is 6.53. The number of rotatable bonds is 8. The summed E-state index contributed by atoms with van der Waals surface area (Å²) < 4.78 is 5.34. The van der Waals surface area contributed by atoms with Crippen molar-refractivity contribution in [3.63, 3.8) is 0 Å². The maximum atomic E-state index is 12.8. The predicted molar refractivity (Wildman–Crippen MR) is 107 cm³/mol. The zero-order valence-electron chi connectivity index (χ0n) is 16.3. The van der Waals surface area contributed by atoms with Gasteiger partial charge >= 0.3 is 0 Å². The Labute approximate surface area is 172 Å². The molecule has 1 aromatic carbocycles. The van der Waals surface area contributed by atoms with E-state index in [-0.39, 0.29) is 30.2 Å². The first-order valence-electron chi connectivity index (χ1n) is 9.16. The zero-order valence-corrected chi connectivity index (χ0v) is 16.3. The second-order valence-corrected chi connectivity index (χ2v) is 6.63. The molecule has 0 spiro atoms. The number of hydrogen-bond donors (Lipinski definition) is 1. The highest BCUT2D eigenvalue weighted by molar-refractivity contribution is 5.96. The summed E-state index contributed by atoms with van der Waals surface area (Å²) in [7, 11) is 0. The van der Waals surface area contributed by atoms with Gasteiger partial charge in [-0.3, -0.25) is 24.7 Å². The molecule has 0 aliphatic rings. The minimum atomic E-state index is -0.508. The molecule has 9 nitrogen and oxygen atoms in total. The van der Waals surface area contributed by atoms with Gasteiger partial charge in [0, 0.05) is 36.1 Å². The van der Waals surface area contributed by atoms with Crippen LogP contribution >= 0.6 is 0 Å². The molecular weight excluding hydrogens is 388 g/mol. The molecule has 0 aliphatic heterocycles. The number of hydrogen-bond acceptors (Lipinski definition) is 6. The van der Waals surface area contributed by atoms with Crippen LogP contribution in [0.2, 0.25) is 0 Å². The number of aryl methyl sites for hydroxylation is 1. The number of nitrogens with zero attached hydrogens (tertiary/aromatic N) is 3. The summed E-state index contributed by atoms with van der Waals surface area (Å²) in [4.78, 5) is 41.2. The Hall–Kier alpha value is -4.01.